The molecule has 1 aromatic rings. The lowest BCUT2D eigenvalue weighted by atomic mass is 10.1. The van der Waals surface area contributed by atoms with Crippen molar-refractivity contribution in [3.8, 4) is 0 Å². The number of carbonyl (C=O) groups excluding carboxylic acids is 2. The maximum absolute atomic E-state index is 11.9. The van der Waals surface area contributed by atoms with E-state index in [0.717, 1.165) is 12.8 Å². The van der Waals surface area contributed by atoms with Crippen LogP contribution in [0.3, 0.4) is 0 Å². The first-order valence-electron chi connectivity index (χ1n) is 6.82. The van der Waals surface area contributed by atoms with Crippen LogP contribution in [0.25, 0.3) is 0 Å². The van der Waals surface area contributed by atoms with Gasteiger partial charge in [-0.25, -0.2) is 0 Å². The van der Waals surface area contributed by atoms with Gasteiger partial charge in [-0.3, -0.25) is 19.3 Å². The SMILES string of the molecule is CC(=O)c1ccc(NC(=O)CN(CC(=O)O)C2CC2)cc1. The fraction of sp³-hybridized carbons (Fsp3) is 0.400. The Morgan fingerprint density at radius 1 is 1.19 bits per heavy atom. The molecule has 0 radical (unpaired) electrons. The van der Waals surface area contributed by atoms with Crippen molar-refractivity contribution in [3.63, 3.8) is 0 Å². The molecular formula is C15H18N2O4. The maximum Gasteiger partial charge on any atom is 0.317 e. The number of carbonyl (C=O) groups is 3. The minimum absolute atomic E-state index is 0.0331. The Kier molecular flexibility index (Phi) is 4.70. The highest BCUT2D eigenvalue weighted by molar-refractivity contribution is 5.96. The van der Waals surface area contributed by atoms with E-state index < -0.39 is 5.97 Å². The number of anilines is 1. The van der Waals surface area contributed by atoms with Gasteiger partial charge in [-0.15, -0.1) is 0 Å². The van der Waals surface area contributed by atoms with Crippen molar-refractivity contribution in [2.24, 2.45) is 0 Å². The van der Waals surface area contributed by atoms with Gasteiger partial charge in [0.05, 0.1) is 13.1 Å². The summed E-state index contributed by atoms with van der Waals surface area (Å²) in [7, 11) is 0. The van der Waals surface area contributed by atoms with Crippen molar-refractivity contribution in [2.45, 2.75) is 25.8 Å². The summed E-state index contributed by atoms with van der Waals surface area (Å²) in [5, 5.41) is 11.6. The van der Waals surface area contributed by atoms with E-state index in [-0.39, 0.29) is 30.8 Å². The number of nitrogens with one attached hydrogen (secondary N) is 1. The molecular weight excluding hydrogens is 272 g/mol. The maximum atomic E-state index is 11.9. The second kappa shape index (κ2) is 6.49. The lowest BCUT2D eigenvalue weighted by Gasteiger charge is -2.18. The Labute approximate surface area is 122 Å². The molecule has 0 saturated heterocycles. The van der Waals surface area contributed by atoms with Crippen LogP contribution in [0.15, 0.2) is 24.3 Å². The van der Waals surface area contributed by atoms with Gasteiger partial charge in [0.15, 0.2) is 5.78 Å². The summed E-state index contributed by atoms with van der Waals surface area (Å²) in [6.45, 7) is 1.42. The van der Waals surface area contributed by atoms with Crippen LogP contribution in [-0.4, -0.2) is 46.8 Å². The first kappa shape index (κ1) is 15.2. The Morgan fingerprint density at radius 3 is 2.29 bits per heavy atom. The molecule has 6 heteroatoms. The van der Waals surface area contributed by atoms with Gasteiger partial charge in [0.25, 0.3) is 0 Å². The van der Waals surface area contributed by atoms with E-state index >= 15 is 0 Å². The van der Waals surface area contributed by atoms with Gasteiger partial charge in [-0.05, 0) is 44.0 Å². The lowest BCUT2D eigenvalue weighted by Crippen LogP contribution is -2.38. The van der Waals surface area contributed by atoms with Crippen molar-refractivity contribution in [1.29, 1.82) is 0 Å². The first-order valence-corrected chi connectivity index (χ1v) is 6.82. The zero-order chi connectivity index (χ0) is 15.4. The van der Waals surface area contributed by atoms with Gasteiger partial charge in [0, 0.05) is 17.3 Å². The molecule has 1 saturated carbocycles. The zero-order valence-electron chi connectivity index (χ0n) is 11.8. The van der Waals surface area contributed by atoms with Gasteiger partial charge in [-0.2, -0.15) is 0 Å². The third-order valence-corrected chi connectivity index (χ3v) is 3.32. The number of rotatable bonds is 7. The molecule has 0 bridgehead atoms. The average molecular weight is 290 g/mol. The number of amides is 1. The summed E-state index contributed by atoms with van der Waals surface area (Å²) in [6, 6.07) is 6.81. The van der Waals surface area contributed by atoms with E-state index in [9.17, 15) is 14.4 Å². The number of hydrogen-bond acceptors (Lipinski definition) is 4. The van der Waals surface area contributed by atoms with Crippen molar-refractivity contribution < 1.29 is 19.5 Å². The van der Waals surface area contributed by atoms with Crippen LogP contribution >= 0.6 is 0 Å². The Bertz CT molecular complexity index is 549. The van der Waals surface area contributed by atoms with E-state index in [1.807, 2.05) is 0 Å². The molecule has 1 aliphatic rings. The molecule has 0 atom stereocenters. The number of aliphatic carboxylic acids is 1. The number of nitrogens with zero attached hydrogens (tertiary/aromatic N) is 1. The molecule has 0 aromatic heterocycles. The molecule has 0 unspecified atom stereocenters. The standard InChI is InChI=1S/C15H18N2O4/c1-10(18)11-2-4-12(5-3-11)16-14(19)8-17(9-15(20)21)13-6-7-13/h2-5,13H,6-9H2,1H3,(H,16,19)(H,20,21). The van der Waals surface area contributed by atoms with Crippen LogP contribution in [-0.2, 0) is 9.59 Å². The zero-order valence-corrected chi connectivity index (χ0v) is 11.8. The number of Topliss-reactive ketones (excluding diaryl/α,β-unsaturated/α-hetero) is 1. The molecule has 0 aliphatic heterocycles. The normalized spacial score (nSPS) is 14.0. The molecule has 0 heterocycles. The lowest BCUT2D eigenvalue weighted by molar-refractivity contribution is -0.138. The van der Waals surface area contributed by atoms with E-state index in [1.54, 1.807) is 29.2 Å². The van der Waals surface area contributed by atoms with Crippen LogP contribution in [0.2, 0.25) is 0 Å². The Balaban J connectivity index is 1.90. The van der Waals surface area contributed by atoms with Crippen molar-refractivity contribution in [1.82, 2.24) is 4.90 Å². The van der Waals surface area contributed by atoms with Crippen molar-refractivity contribution in [2.75, 3.05) is 18.4 Å². The number of benzene rings is 1. The number of hydrogen-bond donors (Lipinski definition) is 2. The summed E-state index contributed by atoms with van der Waals surface area (Å²) in [6.07, 6.45) is 1.88. The molecule has 1 aliphatic carbocycles. The monoisotopic (exact) mass is 290 g/mol. The third kappa shape index (κ3) is 4.68. The molecule has 1 fully saturated rings. The van der Waals surface area contributed by atoms with E-state index in [0.29, 0.717) is 11.3 Å². The van der Waals surface area contributed by atoms with Crippen LogP contribution < -0.4 is 5.32 Å². The molecule has 1 aromatic carbocycles. The summed E-state index contributed by atoms with van der Waals surface area (Å²) in [5.41, 5.74) is 1.18. The fourth-order valence-electron chi connectivity index (χ4n) is 2.10. The van der Waals surface area contributed by atoms with Gasteiger partial charge < -0.3 is 10.4 Å². The topological polar surface area (TPSA) is 86.7 Å². The number of carboxylic acid groups (broad SMARTS) is 1. The van der Waals surface area contributed by atoms with Crippen LogP contribution in [0.1, 0.15) is 30.1 Å². The number of ketones is 1. The highest BCUT2D eigenvalue weighted by Gasteiger charge is 2.31. The van der Waals surface area contributed by atoms with E-state index in [2.05, 4.69) is 5.32 Å². The van der Waals surface area contributed by atoms with Crippen LogP contribution in [0.5, 0.6) is 0 Å². The molecule has 2 N–H and O–H groups in total. The predicted molar refractivity (Wildman–Crippen MR) is 77.3 cm³/mol. The smallest absolute Gasteiger partial charge is 0.317 e. The van der Waals surface area contributed by atoms with Crippen molar-refractivity contribution >= 4 is 23.3 Å². The summed E-state index contributed by atoms with van der Waals surface area (Å²) >= 11 is 0. The van der Waals surface area contributed by atoms with Gasteiger partial charge in [0.1, 0.15) is 0 Å². The molecule has 112 valence electrons. The molecule has 1 amide bonds. The summed E-state index contributed by atoms with van der Waals surface area (Å²) in [4.78, 5) is 35.5. The Morgan fingerprint density at radius 2 is 1.81 bits per heavy atom. The molecule has 21 heavy (non-hydrogen) atoms. The van der Waals surface area contributed by atoms with Gasteiger partial charge in [-0.1, -0.05) is 0 Å². The molecule has 2 rings (SSSR count). The van der Waals surface area contributed by atoms with E-state index in [1.165, 1.54) is 6.92 Å². The second-order valence-electron chi connectivity index (χ2n) is 5.21. The second-order valence-corrected chi connectivity index (χ2v) is 5.21. The van der Waals surface area contributed by atoms with Gasteiger partial charge >= 0.3 is 5.97 Å². The molecule has 6 nitrogen and oxygen atoms in total. The first-order chi connectivity index (χ1) is 9.95. The molecule has 0 spiro atoms. The fourth-order valence-corrected chi connectivity index (χ4v) is 2.10. The van der Waals surface area contributed by atoms with Crippen LogP contribution in [0.4, 0.5) is 5.69 Å². The average Bonchev–Trinajstić information content (AvgIpc) is 3.22. The van der Waals surface area contributed by atoms with E-state index in [4.69, 9.17) is 5.11 Å². The third-order valence-electron chi connectivity index (χ3n) is 3.32. The summed E-state index contributed by atoms with van der Waals surface area (Å²) in [5.74, 6) is -1.21. The number of carboxylic acids is 1. The summed E-state index contributed by atoms with van der Waals surface area (Å²) < 4.78 is 0. The van der Waals surface area contributed by atoms with Crippen molar-refractivity contribution in [3.05, 3.63) is 29.8 Å². The largest absolute Gasteiger partial charge is 0.480 e. The predicted octanol–water partition coefficient (Wildman–Crippen LogP) is 1.38. The minimum atomic E-state index is -0.930. The Hall–Kier alpha value is -2.21. The minimum Gasteiger partial charge on any atom is -0.480 e. The quantitative estimate of drug-likeness (QED) is 0.741. The highest BCUT2D eigenvalue weighted by Crippen LogP contribution is 2.26. The highest BCUT2D eigenvalue weighted by atomic mass is 16.4. The van der Waals surface area contributed by atoms with Crippen LogP contribution in [0, 0.1) is 0 Å². The van der Waals surface area contributed by atoms with Gasteiger partial charge in [0.2, 0.25) is 5.91 Å².